The fraction of sp³-hybridized carbons (Fsp3) is 0.500. The molecule has 1 aromatic heterocycles. The zero-order chi connectivity index (χ0) is 18.1. The molecule has 3 heterocycles. The van der Waals surface area contributed by atoms with Gasteiger partial charge in [0.05, 0.1) is 0 Å². The lowest BCUT2D eigenvalue weighted by Gasteiger charge is -2.47. The number of rotatable bonds is 3. The van der Waals surface area contributed by atoms with E-state index in [1.807, 2.05) is 30.3 Å². The Bertz CT molecular complexity index is 772. The lowest BCUT2D eigenvalue weighted by atomic mass is 9.83. The molecule has 5 nitrogen and oxygen atoms in total. The molecule has 0 N–H and O–H groups in total. The van der Waals surface area contributed by atoms with Gasteiger partial charge in [-0.25, -0.2) is 4.39 Å². The molecular formula is C20H25FN4O. The van der Waals surface area contributed by atoms with Gasteiger partial charge in [-0.2, -0.15) is 5.10 Å². The summed E-state index contributed by atoms with van der Waals surface area (Å²) in [5.41, 5.74) is 1.68. The zero-order valence-corrected chi connectivity index (χ0v) is 15.1. The molecule has 2 atom stereocenters. The second-order valence-corrected chi connectivity index (χ2v) is 7.49. The Morgan fingerprint density at radius 1 is 1.19 bits per heavy atom. The van der Waals surface area contributed by atoms with Crippen molar-refractivity contribution in [3.05, 3.63) is 53.6 Å². The largest absolute Gasteiger partial charge is 0.334 e. The normalized spacial score (nSPS) is 23.7. The smallest absolute Gasteiger partial charge is 0.274 e. The molecule has 2 aromatic rings. The highest BCUT2D eigenvalue weighted by atomic mass is 19.1. The van der Waals surface area contributed by atoms with E-state index in [-0.39, 0.29) is 11.7 Å². The molecule has 2 aliphatic rings. The number of aromatic nitrogens is 2. The maximum atomic E-state index is 13.1. The van der Waals surface area contributed by atoms with Gasteiger partial charge in [-0.1, -0.05) is 12.1 Å². The van der Waals surface area contributed by atoms with Crippen molar-refractivity contribution in [1.29, 1.82) is 0 Å². The monoisotopic (exact) mass is 356 g/mol. The predicted octanol–water partition coefficient (Wildman–Crippen LogP) is 2.69. The zero-order valence-electron chi connectivity index (χ0n) is 15.1. The van der Waals surface area contributed by atoms with Gasteiger partial charge in [0.1, 0.15) is 11.5 Å². The topological polar surface area (TPSA) is 41.4 Å². The fourth-order valence-corrected chi connectivity index (χ4v) is 4.40. The van der Waals surface area contributed by atoms with Crippen molar-refractivity contribution in [3.8, 4) is 0 Å². The molecule has 2 aliphatic heterocycles. The van der Waals surface area contributed by atoms with Gasteiger partial charge in [-0.3, -0.25) is 14.4 Å². The van der Waals surface area contributed by atoms with E-state index in [1.54, 1.807) is 10.7 Å². The standard InChI is InChI=1S/C20H25FN4O/c1-23-11-8-18(22-23)20(26)25-10-2-3-16-14-24(12-9-19(16)25)13-15-4-6-17(21)7-5-15/h4-8,11,16,19H,2-3,9-10,12-14H2,1H3/t16-,19-/m1/s1. The van der Waals surface area contributed by atoms with E-state index in [2.05, 4.69) is 10.00 Å². The number of amides is 1. The summed E-state index contributed by atoms with van der Waals surface area (Å²) in [6.07, 6.45) is 5.02. The Kier molecular flexibility index (Phi) is 4.76. The maximum Gasteiger partial charge on any atom is 0.274 e. The van der Waals surface area contributed by atoms with E-state index < -0.39 is 0 Å². The average molecular weight is 356 g/mol. The van der Waals surface area contributed by atoms with E-state index in [0.29, 0.717) is 17.7 Å². The van der Waals surface area contributed by atoms with Crippen LogP contribution in [-0.2, 0) is 13.6 Å². The number of piperidine rings is 2. The Morgan fingerprint density at radius 3 is 2.73 bits per heavy atom. The van der Waals surface area contributed by atoms with Gasteiger partial charge in [0.15, 0.2) is 0 Å². The molecule has 138 valence electrons. The van der Waals surface area contributed by atoms with Crippen LogP contribution in [0, 0.1) is 11.7 Å². The highest BCUT2D eigenvalue weighted by Crippen LogP contribution is 2.32. The average Bonchev–Trinajstić information content (AvgIpc) is 3.09. The molecule has 4 rings (SSSR count). The third-order valence-corrected chi connectivity index (χ3v) is 5.67. The van der Waals surface area contributed by atoms with Crippen LogP contribution in [-0.4, -0.2) is 51.2 Å². The molecule has 0 aliphatic carbocycles. The van der Waals surface area contributed by atoms with Crippen LogP contribution in [0.4, 0.5) is 4.39 Å². The van der Waals surface area contributed by atoms with Gasteiger partial charge in [0.25, 0.3) is 5.91 Å². The number of fused-ring (bicyclic) bond motifs is 1. The van der Waals surface area contributed by atoms with Crippen LogP contribution in [0.15, 0.2) is 36.5 Å². The second kappa shape index (κ2) is 7.19. The maximum absolute atomic E-state index is 13.1. The predicted molar refractivity (Wildman–Crippen MR) is 97.1 cm³/mol. The Morgan fingerprint density at radius 2 is 2.00 bits per heavy atom. The summed E-state index contributed by atoms with van der Waals surface area (Å²) in [5.74, 6) is 0.376. The van der Waals surface area contributed by atoms with Crippen molar-refractivity contribution in [2.45, 2.75) is 31.8 Å². The number of nitrogens with zero attached hydrogens (tertiary/aromatic N) is 4. The summed E-state index contributed by atoms with van der Waals surface area (Å²) in [6.45, 7) is 3.63. The molecule has 1 amide bonds. The van der Waals surface area contributed by atoms with Crippen molar-refractivity contribution in [1.82, 2.24) is 19.6 Å². The van der Waals surface area contributed by atoms with Crippen LogP contribution in [0.1, 0.15) is 35.3 Å². The number of carbonyl (C=O) groups is 1. The van der Waals surface area contributed by atoms with Crippen LogP contribution in [0.5, 0.6) is 0 Å². The summed E-state index contributed by atoms with van der Waals surface area (Å²) >= 11 is 0. The SMILES string of the molecule is Cn1ccc(C(=O)N2CCC[C@@H]3CN(Cc4ccc(F)cc4)CC[C@H]32)n1. The molecule has 1 aromatic carbocycles. The first-order valence-corrected chi connectivity index (χ1v) is 9.37. The number of benzene rings is 1. The van der Waals surface area contributed by atoms with Crippen LogP contribution in [0.25, 0.3) is 0 Å². The summed E-state index contributed by atoms with van der Waals surface area (Å²) < 4.78 is 14.8. The number of hydrogen-bond donors (Lipinski definition) is 0. The molecule has 0 spiro atoms. The van der Waals surface area contributed by atoms with Crippen LogP contribution in [0.2, 0.25) is 0 Å². The molecule has 0 saturated carbocycles. The molecule has 6 heteroatoms. The molecule has 0 radical (unpaired) electrons. The number of aryl methyl sites for hydroxylation is 1. The quantitative estimate of drug-likeness (QED) is 0.849. The summed E-state index contributed by atoms with van der Waals surface area (Å²) in [4.78, 5) is 17.4. The molecule has 2 saturated heterocycles. The van der Waals surface area contributed by atoms with Crippen molar-refractivity contribution in [2.75, 3.05) is 19.6 Å². The van der Waals surface area contributed by atoms with Gasteiger partial charge >= 0.3 is 0 Å². The minimum absolute atomic E-state index is 0.0623. The van der Waals surface area contributed by atoms with Gasteiger partial charge in [-0.15, -0.1) is 0 Å². The van der Waals surface area contributed by atoms with Crippen LogP contribution < -0.4 is 0 Å². The number of hydrogen-bond acceptors (Lipinski definition) is 3. The van der Waals surface area contributed by atoms with E-state index >= 15 is 0 Å². The second-order valence-electron chi connectivity index (χ2n) is 7.49. The van der Waals surface area contributed by atoms with Crippen molar-refractivity contribution < 1.29 is 9.18 Å². The van der Waals surface area contributed by atoms with Crippen molar-refractivity contribution in [2.24, 2.45) is 13.0 Å². The van der Waals surface area contributed by atoms with Gasteiger partial charge in [0.2, 0.25) is 0 Å². The third-order valence-electron chi connectivity index (χ3n) is 5.67. The van der Waals surface area contributed by atoms with Crippen molar-refractivity contribution >= 4 is 5.91 Å². The fourth-order valence-electron chi connectivity index (χ4n) is 4.40. The van der Waals surface area contributed by atoms with E-state index in [4.69, 9.17) is 0 Å². The first-order valence-electron chi connectivity index (χ1n) is 9.37. The number of carbonyl (C=O) groups excluding carboxylic acids is 1. The summed E-state index contributed by atoms with van der Waals surface area (Å²) in [5, 5.41) is 4.29. The summed E-state index contributed by atoms with van der Waals surface area (Å²) in [7, 11) is 1.84. The van der Waals surface area contributed by atoms with Crippen LogP contribution in [0.3, 0.4) is 0 Å². The van der Waals surface area contributed by atoms with E-state index in [9.17, 15) is 9.18 Å². The lowest BCUT2D eigenvalue weighted by Crippen LogP contribution is -2.55. The van der Waals surface area contributed by atoms with E-state index in [0.717, 1.165) is 51.0 Å². The Hall–Kier alpha value is -2.21. The van der Waals surface area contributed by atoms with Gasteiger partial charge in [0, 0.05) is 45.5 Å². The Labute approximate surface area is 153 Å². The van der Waals surface area contributed by atoms with Gasteiger partial charge in [-0.05, 0) is 48.9 Å². The van der Waals surface area contributed by atoms with Gasteiger partial charge < -0.3 is 4.90 Å². The first kappa shape index (κ1) is 17.2. The minimum atomic E-state index is -0.191. The highest BCUT2D eigenvalue weighted by molar-refractivity contribution is 5.92. The lowest BCUT2D eigenvalue weighted by molar-refractivity contribution is 0.0179. The Balaban J connectivity index is 1.42. The third kappa shape index (κ3) is 3.51. The van der Waals surface area contributed by atoms with Crippen LogP contribution >= 0.6 is 0 Å². The number of halogens is 1. The number of likely N-dealkylation sites (tertiary alicyclic amines) is 2. The summed E-state index contributed by atoms with van der Waals surface area (Å²) in [6, 6.07) is 8.88. The molecule has 0 unspecified atom stereocenters. The molecular weight excluding hydrogens is 331 g/mol. The molecule has 0 bridgehead atoms. The molecule has 2 fully saturated rings. The highest BCUT2D eigenvalue weighted by Gasteiger charge is 2.38. The minimum Gasteiger partial charge on any atom is -0.334 e. The molecule has 26 heavy (non-hydrogen) atoms. The van der Waals surface area contributed by atoms with Crippen molar-refractivity contribution in [3.63, 3.8) is 0 Å². The first-order chi connectivity index (χ1) is 12.6. The van der Waals surface area contributed by atoms with E-state index in [1.165, 1.54) is 12.1 Å².